The third-order valence-electron chi connectivity index (χ3n) is 4.46. The van der Waals surface area contributed by atoms with Crippen molar-refractivity contribution in [2.24, 2.45) is 5.10 Å². The van der Waals surface area contributed by atoms with Crippen molar-refractivity contribution in [3.63, 3.8) is 0 Å². The van der Waals surface area contributed by atoms with Crippen molar-refractivity contribution < 1.29 is 9.21 Å². The fraction of sp³-hybridized carbons (Fsp3) is 0.0909. The lowest BCUT2D eigenvalue weighted by Gasteiger charge is -2.10. The summed E-state index contributed by atoms with van der Waals surface area (Å²) >= 11 is 0. The van der Waals surface area contributed by atoms with E-state index in [-0.39, 0.29) is 17.8 Å². The van der Waals surface area contributed by atoms with E-state index in [1.54, 1.807) is 43.3 Å². The van der Waals surface area contributed by atoms with Crippen LogP contribution in [0.3, 0.4) is 0 Å². The number of aromatic nitrogens is 2. The number of benzene rings is 2. The summed E-state index contributed by atoms with van der Waals surface area (Å²) in [5.41, 5.74) is 3.81. The molecule has 0 radical (unpaired) electrons. The number of hydrogen-bond acceptors (Lipinski definition) is 5. The van der Waals surface area contributed by atoms with Gasteiger partial charge in [0.15, 0.2) is 5.69 Å². The second kappa shape index (κ2) is 7.93. The Morgan fingerprint density at radius 3 is 2.48 bits per heavy atom. The second-order valence-corrected chi connectivity index (χ2v) is 6.46. The van der Waals surface area contributed by atoms with Crippen molar-refractivity contribution in [2.75, 3.05) is 0 Å². The molecule has 0 saturated carbocycles. The number of nitrogens with one attached hydrogen (secondary N) is 1. The van der Waals surface area contributed by atoms with E-state index >= 15 is 0 Å². The highest BCUT2D eigenvalue weighted by atomic mass is 16.3. The number of hydrogen-bond donors (Lipinski definition) is 1. The molecule has 7 nitrogen and oxygen atoms in total. The Morgan fingerprint density at radius 2 is 1.76 bits per heavy atom. The third-order valence-corrected chi connectivity index (χ3v) is 4.46. The zero-order valence-corrected chi connectivity index (χ0v) is 15.7. The van der Waals surface area contributed by atoms with E-state index in [1.807, 2.05) is 30.3 Å². The van der Waals surface area contributed by atoms with E-state index in [1.165, 1.54) is 10.9 Å². The molecule has 1 amide bonds. The average molecular weight is 386 g/mol. The summed E-state index contributed by atoms with van der Waals surface area (Å²) in [7, 11) is 0. The first kappa shape index (κ1) is 18.4. The predicted octanol–water partition coefficient (Wildman–Crippen LogP) is 3.19. The minimum atomic E-state index is -0.506. The van der Waals surface area contributed by atoms with Crippen LogP contribution < -0.4 is 11.0 Å². The topological polar surface area (TPSA) is 89.5 Å². The molecule has 0 saturated heterocycles. The summed E-state index contributed by atoms with van der Waals surface area (Å²) < 4.78 is 6.56. The summed E-state index contributed by atoms with van der Waals surface area (Å²) in [6.07, 6.45) is 1.53. The highest BCUT2D eigenvalue weighted by Gasteiger charge is 2.17. The maximum Gasteiger partial charge on any atom is 0.292 e. The highest BCUT2D eigenvalue weighted by Crippen LogP contribution is 2.14. The Balaban J connectivity index is 1.73. The number of nitrogens with zero attached hydrogens (tertiary/aromatic N) is 3. The molecule has 0 aliphatic carbocycles. The minimum absolute atomic E-state index is 0.132. The lowest BCUT2D eigenvalue weighted by Crippen LogP contribution is -2.29. The van der Waals surface area contributed by atoms with Gasteiger partial charge in [-0.3, -0.25) is 9.59 Å². The zero-order chi connectivity index (χ0) is 20.2. The summed E-state index contributed by atoms with van der Waals surface area (Å²) in [4.78, 5) is 25.7. The molecule has 0 aliphatic rings. The van der Waals surface area contributed by atoms with Crippen LogP contribution in [0, 0.1) is 0 Å². The van der Waals surface area contributed by atoms with Gasteiger partial charge in [0.05, 0.1) is 18.2 Å². The predicted molar refractivity (Wildman–Crippen MR) is 110 cm³/mol. The summed E-state index contributed by atoms with van der Waals surface area (Å²) in [5, 5.41) is 9.32. The summed E-state index contributed by atoms with van der Waals surface area (Å²) in [6.45, 7) is 1.99. The average Bonchev–Trinajstić information content (AvgIpc) is 3.30. The number of carbonyl (C=O) groups is 1. The molecule has 0 bridgehead atoms. The van der Waals surface area contributed by atoms with Gasteiger partial charge in [0.1, 0.15) is 11.5 Å². The monoisotopic (exact) mass is 386 g/mol. The van der Waals surface area contributed by atoms with Gasteiger partial charge >= 0.3 is 0 Å². The van der Waals surface area contributed by atoms with E-state index in [0.29, 0.717) is 22.2 Å². The van der Waals surface area contributed by atoms with Crippen LogP contribution in [0.1, 0.15) is 28.7 Å². The molecule has 0 unspecified atom stereocenters. The molecule has 0 atom stereocenters. The Labute approximate surface area is 166 Å². The number of furan rings is 1. The van der Waals surface area contributed by atoms with Crippen molar-refractivity contribution >= 4 is 22.4 Å². The fourth-order valence-electron chi connectivity index (χ4n) is 2.99. The van der Waals surface area contributed by atoms with Crippen LogP contribution in [0.4, 0.5) is 0 Å². The number of hydrazone groups is 1. The van der Waals surface area contributed by atoms with Gasteiger partial charge in [-0.05, 0) is 30.7 Å². The molecule has 29 heavy (non-hydrogen) atoms. The van der Waals surface area contributed by atoms with Crippen LogP contribution in [-0.2, 0) is 6.54 Å². The molecule has 1 N–H and O–H groups in total. The van der Waals surface area contributed by atoms with Crippen LogP contribution >= 0.6 is 0 Å². The smallest absolute Gasteiger partial charge is 0.292 e. The van der Waals surface area contributed by atoms with E-state index in [2.05, 4.69) is 15.6 Å². The maximum atomic E-state index is 12.9. The number of carbonyl (C=O) groups excluding carboxylic acids is 1. The lowest BCUT2D eigenvalue weighted by atomic mass is 10.1. The van der Waals surface area contributed by atoms with Crippen molar-refractivity contribution in [1.29, 1.82) is 0 Å². The van der Waals surface area contributed by atoms with Crippen LogP contribution in [0.25, 0.3) is 10.8 Å². The van der Waals surface area contributed by atoms with Crippen molar-refractivity contribution in [1.82, 2.24) is 15.2 Å². The van der Waals surface area contributed by atoms with Gasteiger partial charge in [-0.2, -0.15) is 10.2 Å². The molecule has 2 aromatic carbocycles. The van der Waals surface area contributed by atoms with Crippen molar-refractivity contribution in [3.8, 4) is 0 Å². The van der Waals surface area contributed by atoms with Crippen LogP contribution in [0.5, 0.6) is 0 Å². The van der Waals surface area contributed by atoms with Gasteiger partial charge in [-0.15, -0.1) is 0 Å². The van der Waals surface area contributed by atoms with E-state index in [4.69, 9.17) is 4.42 Å². The minimum Gasteiger partial charge on any atom is -0.463 e. The summed E-state index contributed by atoms with van der Waals surface area (Å²) in [5.74, 6) is 0.0473. The molecule has 4 aromatic rings. The standard InChI is InChI=1S/C22H18N4O3/c1-15(19-12-7-13-29-19)23-24-21(27)20-17-10-5-6-11-18(17)22(28)26(25-20)14-16-8-3-2-4-9-16/h2-13H,14H2,1H3,(H,24,27). The zero-order valence-electron chi connectivity index (χ0n) is 15.7. The molecule has 7 heteroatoms. The number of rotatable bonds is 5. The molecule has 0 fully saturated rings. The highest BCUT2D eigenvalue weighted by molar-refractivity contribution is 6.05. The SMILES string of the molecule is CC(=NNC(=O)c1nn(Cc2ccccc2)c(=O)c2ccccc12)c1ccco1. The van der Waals surface area contributed by atoms with Crippen molar-refractivity contribution in [2.45, 2.75) is 13.5 Å². The molecule has 4 rings (SSSR count). The molecule has 0 aliphatic heterocycles. The van der Waals surface area contributed by atoms with E-state index < -0.39 is 5.91 Å². The first-order valence-electron chi connectivity index (χ1n) is 9.06. The van der Waals surface area contributed by atoms with Gasteiger partial charge in [-0.1, -0.05) is 48.5 Å². The van der Waals surface area contributed by atoms with Crippen LogP contribution in [0.15, 0.2) is 87.3 Å². The van der Waals surface area contributed by atoms with Gasteiger partial charge in [0, 0.05) is 5.39 Å². The first-order chi connectivity index (χ1) is 14.1. The van der Waals surface area contributed by atoms with E-state index in [9.17, 15) is 9.59 Å². The van der Waals surface area contributed by atoms with Crippen LogP contribution in [-0.4, -0.2) is 21.4 Å². The molecule has 2 aromatic heterocycles. The Morgan fingerprint density at radius 1 is 1.03 bits per heavy atom. The maximum absolute atomic E-state index is 12.9. The number of fused-ring (bicyclic) bond motifs is 1. The Hall–Kier alpha value is -4.00. The molecule has 2 heterocycles. The third kappa shape index (κ3) is 3.84. The Bertz CT molecular complexity index is 1240. The van der Waals surface area contributed by atoms with Gasteiger partial charge in [0.25, 0.3) is 11.5 Å². The van der Waals surface area contributed by atoms with Gasteiger partial charge < -0.3 is 4.42 Å². The molecular weight excluding hydrogens is 368 g/mol. The van der Waals surface area contributed by atoms with Crippen LogP contribution in [0.2, 0.25) is 0 Å². The number of amides is 1. The van der Waals surface area contributed by atoms with Gasteiger partial charge in [-0.25, -0.2) is 10.1 Å². The molecule has 0 spiro atoms. The van der Waals surface area contributed by atoms with E-state index in [0.717, 1.165) is 5.56 Å². The quantitative estimate of drug-likeness (QED) is 0.421. The van der Waals surface area contributed by atoms with Gasteiger partial charge in [0.2, 0.25) is 0 Å². The largest absolute Gasteiger partial charge is 0.463 e. The second-order valence-electron chi connectivity index (χ2n) is 6.46. The summed E-state index contributed by atoms with van der Waals surface area (Å²) in [6, 6.07) is 19.9. The molecular formula is C22H18N4O3. The lowest BCUT2D eigenvalue weighted by molar-refractivity contribution is 0.0949. The first-order valence-corrected chi connectivity index (χ1v) is 9.06. The molecule has 144 valence electrons. The normalized spacial score (nSPS) is 11.6. The fourth-order valence-corrected chi connectivity index (χ4v) is 2.99. The Kier molecular flexibility index (Phi) is 5.03. The van der Waals surface area contributed by atoms with Crippen molar-refractivity contribution in [3.05, 3.63) is 100 Å².